The van der Waals surface area contributed by atoms with E-state index in [2.05, 4.69) is 28.1 Å². The van der Waals surface area contributed by atoms with Crippen molar-refractivity contribution >= 4 is 40.4 Å². The molecule has 7 N–H and O–H groups in total. The molecule has 17 nitrogen and oxygen atoms in total. The normalized spacial score (nSPS) is 26.1. The van der Waals surface area contributed by atoms with Gasteiger partial charge >= 0.3 is 23.5 Å². The van der Waals surface area contributed by atoms with Gasteiger partial charge < -0.3 is 35.2 Å². The number of phosphoric acid groups is 3. The highest BCUT2D eigenvalue weighted by atomic mass is 31.3. The first-order valence-corrected chi connectivity index (χ1v) is 12.8. The maximum absolute atomic E-state index is 11.8. The summed E-state index contributed by atoms with van der Waals surface area (Å²) < 4.78 is 52.5. The van der Waals surface area contributed by atoms with Gasteiger partial charge in [0.25, 0.3) is 0 Å². The van der Waals surface area contributed by atoms with Gasteiger partial charge in [0, 0.05) is 6.42 Å². The Morgan fingerprint density at radius 2 is 1.87 bits per heavy atom. The Labute approximate surface area is 173 Å². The van der Waals surface area contributed by atoms with Gasteiger partial charge in [-0.15, -0.1) is 0 Å². The highest BCUT2D eigenvalue weighted by Gasteiger charge is 2.43. The van der Waals surface area contributed by atoms with Crippen molar-refractivity contribution in [1.29, 1.82) is 0 Å². The molecule has 1 saturated heterocycles. The molecule has 2 unspecified atom stereocenters. The van der Waals surface area contributed by atoms with E-state index < -0.39 is 48.5 Å². The molecule has 3 heterocycles. The molecule has 0 bridgehead atoms. The van der Waals surface area contributed by atoms with Crippen molar-refractivity contribution in [2.45, 2.75) is 31.8 Å². The zero-order valence-corrected chi connectivity index (χ0v) is 18.2. The van der Waals surface area contributed by atoms with E-state index in [1.165, 1.54) is 10.9 Å². The smallest absolute Gasteiger partial charge is 0.390 e. The molecule has 0 spiro atoms. The van der Waals surface area contributed by atoms with Crippen LogP contribution in [-0.2, 0) is 31.6 Å². The Bertz CT molecular complexity index is 1120. The summed E-state index contributed by atoms with van der Waals surface area (Å²) in [4.78, 5) is 47.9. The van der Waals surface area contributed by atoms with Gasteiger partial charge in [-0.05, 0) is 6.92 Å². The minimum absolute atomic E-state index is 0.00115. The summed E-state index contributed by atoms with van der Waals surface area (Å²) in [6.45, 7) is 0.826. The molecule has 20 heteroatoms. The Kier molecular flexibility index (Phi) is 6.71. The molecule has 1 aliphatic rings. The predicted octanol–water partition coefficient (Wildman–Crippen LogP) is -0.291. The van der Waals surface area contributed by atoms with Crippen LogP contribution in [0.15, 0.2) is 6.33 Å². The maximum atomic E-state index is 11.8. The highest BCUT2D eigenvalue weighted by Crippen LogP contribution is 2.66. The van der Waals surface area contributed by atoms with E-state index in [1.807, 2.05) is 0 Å². The van der Waals surface area contributed by atoms with Crippen LogP contribution in [0.1, 0.15) is 18.5 Å². The lowest BCUT2D eigenvalue weighted by Crippen LogP contribution is -2.26. The largest absolute Gasteiger partial charge is 0.490 e. The maximum Gasteiger partial charge on any atom is 0.490 e. The first-order valence-electron chi connectivity index (χ1n) is 8.24. The highest BCUT2D eigenvalue weighted by molar-refractivity contribution is 7.66. The van der Waals surface area contributed by atoms with Gasteiger partial charge in [-0.3, -0.25) is 9.09 Å². The minimum Gasteiger partial charge on any atom is -0.390 e. The minimum atomic E-state index is -5.64. The Morgan fingerprint density at radius 1 is 1.19 bits per heavy atom. The lowest BCUT2D eigenvalue weighted by atomic mass is 10.2. The summed E-state index contributed by atoms with van der Waals surface area (Å²) in [6, 6.07) is 0. The molecule has 0 aliphatic carbocycles. The molecule has 2 aromatic heterocycles. The van der Waals surface area contributed by atoms with Gasteiger partial charge in [-0.2, -0.15) is 8.62 Å². The Morgan fingerprint density at radius 3 is 2.52 bits per heavy atom. The fourth-order valence-electron chi connectivity index (χ4n) is 2.77. The van der Waals surface area contributed by atoms with Crippen LogP contribution < -0.4 is 5.73 Å². The molecule has 5 atom stereocenters. The summed E-state index contributed by atoms with van der Waals surface area (Å²) in [5.41, 5.74) is 6.43. The topological polar surface area (TPSA) is 259 Å². The summed E-state index contributed by atoms with van der Waals surface area (Å²) in [6.07, 6.45) is -1.85. The molecule has 31 heavy (non-hydrogen) atoms. The number of phosphoric ester groups is 1. The SMILES string of the molecule is Cc1nc(N)c2ncn([C@H]3C[C@H](O)[C@@H](COP(=O)(O)OP(=O)(O)OP(=O)(O)O)O3)c2n1. The van der Waals surface area contributed by atoms with Gasteiger partial charge in [0.2, 0.25) is 0 Å². The molecule has 0 aromatic carbocycles. The van der Waals surface area contributed by atoms with Crippen LogP contribution in [0.4, 0.5) is 5.82 Å². The molecule has 1 fully saturated rings. The molecule has 3 rings (SSSR count). The number of hydrogen-bond donors (Lipinski definition) is 6. The predicted molar refractivity (Wildman–Crippen MR) is 98.8 cm³/mol. The second-order valence-corrected chi connectivity index (χ2v) is 10.7. The summed E-state index contributed by atoms with van der Waals surface area (Å²) in [7, 11) is -16.5. The van der Waals surface area contributed by atoms with Gasteiger partial charge in [-0.1, -0.05) is 0 Å². The number of fused-ring (bicyclic) bond motifs is 1. The zero-order valence-electron chi connectivity index (χ0n) is 15.5. The molecule has 0 amide bonds. The van der Waals surface area contributed by atoms with E-state index in [4.69, 9.17) is 25.2 Å². The second-order valence-electron chi connectivity index (χ2n) is 6.30. The summed E-state index contributed by atoms with van der Waals surface area (Å²) >= 11 is 0. The molecular weight excluding hydrogens is 487 g/mol. The van der Waals surface area contributed by atoms with Crippen molar-refractivity contribution < 1.29 is 56.3 Å². The van der Waals surface area contributed by atoms with Crippen molar-refractivity contribution in [3.63, 3.8) is 0 Å². The first-order chi connectivity index (χ1) is 14.2. The van der Waals surface area contributed by atoms with E-state index in [9.17, 15) is 23.7 Å². The fourth-order valence-corrected chi connectivity index (χ4v) is 5.80. The molecule has 2 aromatic rings. The van der Waals surface area contributed by atoms with Crippen LogP contribution in [0.3, 0.4) is 0 Å². The third-order valence-electron chi connectivity index (χ3n) is 3.89. The van der Waals surface area contributed by atoms with Crippen LogP contribution in [0, 0.1) is 6.92 Å². The number of anilines is 1. The van der Waals surface area contributed by atoms with E-state index in [1.54, 1.807) is 6.92 Å². The van der Waals surface area contributed by atoms with Crippen molar-refractivity contribution in [3.05, 3.63) is 12.2 Å². The molecule has 0 radical (unpaired) electrons. The molecule has 0 saturated carbocycles. The standard InChI is InChI=1S/C11H18N5O12P3/c1-5-14-10(12)9-11(15-5)16(4-13-9)8-2-6(17)7(26-8)3-25-30(21,22)28-31(23,24)27-29(18,19)20/h4,6-8,17H,2-3H2,1H3,(H,21,22)(H,23,24)(H2,12,14,15)(H2,18,19,20)/t6-,7+,8+/m0/s1. The number of nitrogens with zero attached hydrogens (tertiary/aromatic N) is 4. The third-order valence-corrected chi connectivity index (χ3v) is 7.70. The average molecular weight is 505 g/mol. The number of imidazole rings is 1. The van der Waals surface area contributed by atoms with Crippen LogP contribution >= 0.6 is 23.5 Å². The summed E-state index contributed by atoms with van der Waals surface area (Å²) in [5.74, 6) is 0.513. The summed E-state index contributed by atoms with van der Waals surface area (Å²) in [5, 5.41) is 10.2. The molecular formula is C11H18N5O12P3. The number of aliphatic hydroxyl groups excluding tert-OH is 1. The van der Waals surface area contributed by atoms with Gasteiger partial charge in [0.1, 0.15) is 23.7 Å². The van der Waals surface area contributed by atoms with Crippen LogP contribution in [0.2, 0.25) is 0 Å². The van der Waals surface area contributed by atoms with Gasteiger partial charge in [0.15, 0.2) is 11.5 Å². The quantitative estimate of drug-likeness (QED) is 0.252. The third kappa shape index (κ3) is 6.14. The molecule has 1 aliphatic heterocycles. The number of aromatic nitrogens is 4. The van der Waals surface area contributed by atoms with E-state index in [0.29, 0.717) is 17.0 Å². The number of hydrogen-bond acceptors (Lipinski definition) is 12. The average Bonchev–Trinajstić information content (AvgIpc) is 3.13. The fraction of sp³-hybridized carbons (Fsp3) is 0.545. The van der Waals surface area contributed by atoms with Crippen molar-refractivity contribution in [3.8, 4) is 0 Å². The van der Waals surface area contributed by atoms with Crippen LogP contribution in [0.25, 0.3) is 11.2 Å². The Balaban J connectivity index is 1.66. The number of rotatable bonds is 8. The lowest BCUT2D eigenvalue weighted by Gasteiger charge is -2.19. The van der Waals surface area contributed by atoms with E-state index in [-0.39, 0.29) is 12.2 Å². The van der Waals surface area contributed by atoms with Crippen molar-refractivity contribution in [2.24, 2.45) is 0 Å². The van der Waals surface area contributed by atoms with Crippen molar-refractivity contribution in [1.82, 2.24) is 19.5 Å². The monoisotopic (exact) mass is 505 g/mol. The van der Waals surface area contributed by atoms with E-state index in [0.717, 1.165) is 0 Å². The van der Waals surface area contributed by atoms with Crippen LogP contribution in [-0.4, -0.2) is 63.0 Å². The van der Waals surface area contributed by atoms with Gasteiger partial charge in [-0.25, -0.2) is 28.6 Å². The zero-order chi connectivity index (χ0) is 23.2. The van der Waals surface area contributed by atoms with Gasteiger partial charge in [0.05, 0.1) is 19.0 Å². The van der Waals surface area contributed by atoms with Crippen molar-refractivity contribution in [2.75, 3.05) is 12.3 Å². The Hall–Kier alpha value is -1.32. The number of aliphatic hydroxyl groups is 1. The van der Waals surface area contributed by atoms with E-state index >= 15 is 0 Å². The second kappa shape index (κ2) is 8.56. The first kappa shape index (κ1) is 24.3. The number of nitrogen functional groups attached to an aromatic ring is 1. The number of nitrogens with two attached hydrogens (primary N) is 1. The lowest BCUT2D eigenvalue weighted by molar-refractivity contribution is -0.0423. The van der Waals surface area contributed by atoms with Crippen LogP contribution in [0.5, 0.6) is 0 Å². The number of aryl methyl sites for hydroxylation is 1. The number of ether oxygens (including phenoxy) is 1. The molecule has 174 valence electrons.